The molecule has 1 fully saturated rings. The van der Waals surface area contributed by atoms with Crippen molar-refractivity contribution in [3.63, 3.8) is 0 Å². The van der Waals surface area contributed by atoms with Gasteiger partial charge in [0.05, 0.1) is 18.0 Å². The van der Waals surface area contributed by atoms with Crippen molar-refractivity contribution in [2.24, 2.45) is 11.3 Å². The lowest BCUT2D eigenvalue weighted by Gasteiger charge is -2.39. The summed E-state index contributed by atoms with van der Waals surface area (Å²) in [4.78, 5) is 2.35. The van der Waals surface area contributed by atoms with Crippen molar-refractivity contribution in [3.05, 3.63) is 29.3 Å². The number of aliphatic hydroxyl groups is 1. The van der Waals surface area contributed by atoms with Crippen LogP contribution in [0.5, 0.6) is 0 Å². The van der Waals surface area contributed by atoms with Gasteiger partial charge < -0.3 is 10.0 Å². The molecule has 2 atom stereocenters. The number of nitrogens with zero attached hydrogens (tertiary/aromatic N) is 2. The van der Waals surface area contributed by atoms with Gasteiger partial charge in [0.1, 0.15) is 0 Å². The van der Waals surface area contributed by atoms with E-state index in [1.165, 1.54) is 23.4 Å². The van der Waals surface area contributed by atoms with Crippen molar-refractivity contribution in [1.82, 2.24) is 4.90 Å². The summed E-state index contributed by atoms with van der Waals surface area (Å²) in [5.41, 5.74) is 3.00. The molecule has 0 aromatic heterocycles. The van der Waals surface area contributed by atoms with Gasteiger partial charge in [0.2, 0.25) is 10.0 Å². The van der Waals surface area contributed by atoms with Crippen LogP contribution in [-0.2, 0) is 16.4 Å². The van der Waals surface area contributed by atoms with Crippen molar-refractivity contribution in [2.45, 2.75) is 59.1 Å². The monoisotopic (exact) mass is 394 g/mol. The summed E-state index contributed by atoms with van der Waals surface area (Å²) in [5.74, 6) is 0.745. The van der Waals surface area contributed by atoms with E-state index in [2.05, 4.69) is 25.7 Å². The molecule has 5 nitrogen and oxygen atoms in total. The molecule has 0 aliphatic carbocycles. The van der Waals surface area contributed by atoms with Gasteiger partial charge in [-0.1, -0.05) is 32.9 Å². The molecule has 152 valence electrons. The molecule has 0 radical (unpaired) electrons. The molecule has 2 aliphatic rings. The topological polar surface area (TPSA) is 60.9 Å². The van der Waals surface area contributed by atoms with Gasteiger partial charge >= 0.3 is 0 Å². The lowest BCUT2D eigenvalue weighted by atomic mass is 9.75. The second-order valence-corrected chi connectivity index (χ2v) is 11.3. The van der Waals surface area contributed by atoms with E-state index in [9.17, 15) is 13.5 Å². The summed E-state index contributed by atoms with van der Waals surface area (Å²) < 4.78 is 25.6. The van der Waals surface area contributed by atoms with Gasteiger partial charge in [-0.15, -0.1) is 0 Å². The Labute approximate surface area is 164 Å². The fourth-order valence-corrected chi connectivity index (χ4v) is 5.93. The molecule has 0 spiro atoms. The second-order valence-electron chi connectivity index (χ2n) is 9.46. The van der Waals surface area contributed by atoms with E-state index < -0.39 is 16.1 Å². The zero-order valence-corrected chi connectivity index (χ0v) is 18.1. The summed E-state index contributed by atoms with van der Waals surface area (Å²) in [5, 5.41) is 10.7. The number of benzene rings is 1. The Morgan fingerprint density at radius 1 is 1.22 bits per heavy atom. The second kappa shape index (κ2) is 7.37. The van der Waals surface area contributed by atoms with E-state index in [4.69, 9.17) is 0 Å². The van der Waals surface area contributed by atoms with E-state index >= 15 is 0 Å². The number of sulfonamides is 1. The van der Waals surface area contributed by atoms with Crippen LogP contribution >= 0.6 is 0 Å². The third kappa shape index (κ3) is 4.49. The van der Waals surface area contributed by atoms with Crippen LogP contribution in [0.3, 0.4) is 0 Å². The number of likely N-dealkylation sites (tertiary alicyclic amines) is 1. The zero-order valence-electron chi connectivity index (χ0n) is 17.3. The first-order valence-electron chi connectivity index (χ1n) is 9.99. The van der Waals surface area contributed by atoms with E-state index in [-0.39, 0.29) is 6.04 Å². The number of fused-ring (bicyclic) bond motifs is 1. The molecule has 27 heavy (non-hydrogen) atoms. The van der Waals surface area contributed by atoms with Crippen LogP contribution in [0.2, 0.25) is 0 Å². The molecule has 0 saturated carbocycles. The van der Waals surface area contributed by atoms with Crippen molar-refractivity contribution in [1.29, 1.82) is 0 Å². The first-order valence-corrected chi connectivity index (χ1v) is 11.8. The SMILES string of the molecule is C[C@H]1Cc2cc([C@@H](O)CN3CCC(C(C)(C)C)CC3)ccc2N1S(C)(=O)=O. The maximum absolute atomic E-state index is 12.1. The van der Waals surface area contributed by atoms with Gasteiger partial charge in [-0.2, -0.15) is 0 Å². The van der Waals surface area contributed by atoms with E-state index in [0.717, 1.165) is 35.8 Å². The van der Waals surface area contributed by atoms with Crippen LogP contribution in [0.1, 0.15) is 57.8 Å². The number of piperidine rings is 1. The van der Waals surface area contributed by atoms with Crippen LogP contribution < -0.4 is 4.31 Å². The number of anilines is 1. The van der Waals surface area contributed by atoms with Crippen LogP contribution in [0.4, 0.5) is 5.69 Å². The highest BCUT2D eigenvalue weighted by molar-refractivity contribution is 7.92. The molecule has 3 rings (SSSR count). The fourth-order valence-electron chi connectivity index (χ4n) is 4.67. The molecule has 1 N–H and O–H groups in total. The Kier molecular flexibility index (Phi) is 5.63. The predicted molar refractivity (Wildman–Crippen MR) is 111 cm³/mol. The maximum Gasteiger partial charge on any atom is 0.232 e. The van der Waals surface area contributed by atoms with E-state index in [1.807, 2.05) is 25.1 Å². The first kappa shape index (κ1) is 20.6. The molecular formula is C21H34N2O3S. The van der Waals surface area contributed by atoms with Crippen molar-refractivity contribution in [3.8, 4) is 0 Å². The summed E-state index contributed by atoms with van der Waals surface area (Å²) in [6, 6.07) is 5.65. The standard InChI is InChI=1S/C21H34N2O3S/c1-15-12-17-13-16(6-7-19(17)23(15)27(5,25)26)20(24)14-22-10-8-18(9-11-22)21(2,3)4/h6-7,13,15,18,20,24H,8-12,14H2,1-5H3/t15-,20-/m0/s1. The molecule has 2 heterocycles. The van der Waals surface area contributed by atoms with Gasteiger partial charge in [0.25, 0.3) is 0 Å². The van der Waals surface area contributed by atoms with Gasteiger partial charge in [0, 0.05) is 12.6 Å². The highest BCUT2D eigenvalue weighted by atomic mass is 32.2. The van der Waals surface area contributed by atoms with Gasteiger partial charge in [-0.3, -0.25) is 4.31 Å². The van der Waals surface area contributed by atoms with Crippen LogP contribution in [-0.4, -0.2) is 50.4 Å². The Morgan fingerprint density at radius 2 is 1.85 bits per heavy atom. The molecule has 0 amide bonds. The zero-order chi connectivity index (χ0) is 20.0. The summed E-state index contributed by atoms with van der Waals surface area (Å²) in [7, 11) is -3.28. The van der Waals surface area contributed by atoms with Gasteiger partial charge in [-0.05, 0) is 67.8 Å². The maximum atomic E-state index is 12.1. The molecule has 2 aliphatic heterocycles. The number of rotatable bonds is 4. The molecule has 0 bridgehead atoms. The Morgan fingerprint density at radius 3 is 2.41 bits per heavy atom. The van der Waals surface area contributed by atoms with E-state index in [0.29, 0.717) is 18.4 Å². The lowest BCUT2D eigenvalue weighted by Crippen LogP contribution is -2.39. The van der Waals surface area contributed by atoms with Crippen LogP contribution in [0.15, 0.2) is 18.2 Å². The van der Waals surface area contributed by atoms with Gasteiger partial charge in [-0.25, -0.2) is 8.42 Å². The van der Waals surface area contributed by atoms with Gasteiger partial charge in [0.15, 0.2) is 0 Å². The number of β-amino-alcohol motifs (C(OH)–C–C–N with tert-alkyl or cyclic N) is 1. The van der Waals surface area contributed by atoms with E-state index in [1.54, 1.807) is 0 Å². The largest absolute Gasteiger partial charge is 0.387 e. The number of hydrogen-bond acceptors (Lipinski definition) is 4. The average molecular weight is 395 g/mol. The average Bonchev–Trinajstić information content (AvgIpc) is 2.89. The lowest BCUT2D eigenvalue weighted by molar-refractivity contribution is 0.0653. The third-order valence-corrected chi connectivity index (χ3v) is 7.51. The quantitative estimate of drug-likeness (QED) is 0.852. The number of hydrogen-bond donors (Lipinski definition) is 1. The van der Waals surface area contributed by atoms with Crippen molar-refractivity contribution < 1.29 is 13.5 Å². The number of aliphatic hydroxyl groups excluding tert-OH is 1. The molecule has 1 aromatic carbocycles. The normalized spacial score (nSPS) is 23.5. The minimum Gasteiger partial charge on any atom is -0.387 e. The molecule has 0 unspecified atom stereocenters. The Balaban J connectivity index is 1.66. The first-order chi connectivity index (χ1) is 12.5. The summed E-state index contributed by atoms with van der Waals surface area (Å²) in [6.07, 6.45) is 3.77. The molecule has 1 aromatic rings. The van der Waals surface area contributed by atoms with Crippen LogP contribution in [0, 0.1) is 11.3 Å². The highest BCUT2D eigenvalue weighted by Crippen LogP contribution is 2.37. The minimum absolute atomic E-state index is 0.0705. The van der Waals surface area contributed by atoms with Crippen molar-refractivity contribution in [2.75, 3.05) is 30.2 Å². The smallest absolute Gasteiger partial charge is 0.232 e. The summed E-state index contributed by atoms with van der Waals surface area (Å²) in [6.45, 7) is 11.6. The summed E-state index contributed by atoms with van der Waals surface area (Å²) >= 11 is 0. The molecule has 1 saturated heterocycles. The Bertz CT molecular complexity index is 777. The van der Waals surface area contributed by atoms with Crippen molar-refractivity contribution >= 4 is 15.7 Å². The molecular weight excluding hydrogens is 360 g/mol. The fraction of sp³-hybridized carbons (Fsp3) is 0.714. The Hall–Kier alpha value is -1.11. The van der Waals surface area contributed by atoms with Crippen LogP contribution in [0.25, 0.3) is 0 Å². The minimum atomic E-state index is -3.28. The third-order valence-electron chi connectivity index (χ3n) is 6.24. The molecule has 6 heteroatoms. The predicted octanol–water partition coefficient (Wildman–Crippen LogP) is 3.19. The highest BCUT2D eigenvalue weighted by Gasteiger charge is 2.33.